The van der Waals surface area contributed by atoms with Gasteiger partial charge in [-0.25, -0.2) is 0 Å². The molecule has 2 N–H and O–H groups in total. The van der Waals surface area contributed by atoms with Gasteiger partial charge in [0.2, 0.25) is 0 Å². The molecule has 0 spiro atoms. The molecule has 0 aliphatic carbocycles. The van der Waals surface area contributed by atoms with Crippen molar-refractivity contribution in [2.45, 2.75) is 37.2 Å². The summed E-state index contributed by atoms with van der Waals surface area (Å²) in [5, 5.41) is 17.5. The molecule has 0 heterocycles. The Bertz CT molecular complexity index is 214. The molecule has 4 nitrogen and oxygen atoms in total. The molecule has 5 heteroatoms. The molecule has 1 atom stereocenters. The van der Waals surface area contributed by atoms with Gasteiger partial charge in [-0.15, -0.1) is 11.8 Å². The molecule has 1 unspecified atom stereocenters. The Kier molecular flexibility index (Phi) is 4.26. The van der Waals surface area contributed by atoms with Crippen LogP contribution in [0, 0.1) is 0 Å². The number of carboxylic acids is 2. The van der Waals surface area contributed by atoms with Crippen molar-refractivity contribution in [1.29, 1.82) is 0 Å². The fourth-order valence-corrected chi connectivity index (χ4v) is 2.32. The topological polar surface area (TPSA) is 74.6 Å². The van der Waals surface area contributed by atoms with Crippen LogP contribution in [0.3, 0.4) is 0 Å². The SMILES string of the molecule is CC(C)SC(C)(CC(=O)O)C(=O)O. The molecule has 0 aromatic rings. The molecule has 76 valence electrons. The maximum absolute atomic E-state index is 10.8. The van der Waals surface area contributed by atoms with Crippen molar-refractivity contribution in [2.75, 3.05) is 0 Å². The highest BCUT2D eigenvalue weighted by Gasteiger charge is 2.37. The molecular formula is C8H14O4S. The van der Waals surface area contributed by atoms with E-state index in [1.54, 1.807) is 0 Å². The highest BCUT2D eigenvalue weighted by Crippen LogP contribution is 2.32. The molecule has 0 bridgehead atoms. The van der Waals surface area contributed by atoms with Crippen molar-refractivity contribution < 1.29 is 19.8 Å². The van der Waals surface area contributed by atoms with E-state index in [-0.39, 0.29) is 11.7 Å². The first kappa shape index (κ1) is 12.3. The van der Waals surface area contributed by atoms with Gasteiger partial charge < -0.3 is 10.2 Å². The summed E-state index contributed by atoms with van der Waals surface area (Å²) in [7, 11) is 0. The van der Waals surface area contributed by atoms with Gasteiger partial charge >= 0.3 is 11.9 Å². The van der Waals surface area contributed by atoms with Crippen molar-refractivity contribution in [3.8, 4) is 0 Å². The minimum absolute atomic E-state index is 0.0976. The second-order valence-electron chi connectivity index (χ2n) is 3.27. The van der Waals surface area contributed by atoms with Crippen LogP contribution in [0.5, 0.6) is 0 Å². The zero-order chi connectivity index (χ0) is 10.6. The molecule has 0 radical (unpaired) electrons. The van der Waals surface area contributed by atoms with E-state index in [2.05, 4.69) is 0 Å². The summed E-state index contributed by atoms with van der Waals surface area (Å²) in [5.41, 5.74) is 0. The van der Waals surface area contributed by atoms with Crippen molar-refractivity contribution in [2.24, 2.45) is 0 Å². The molecule has 0 saturated heterocycles. The highest BCUT2D eigenvalue weighted by molar-refractivity contribution is 8.01. The van der Waals surface area contributed by atoms with Crippen molar-refractivity contribution in [3.63, 3.8) is 0 Å². The molecular weight excluding hydrogens is 192 g/mol. The van der Waals surface area contributed by atoms with Gasteiger partial charge in [-0.3, -0.25) is 9.59 Å². The molecule has 0 amide bonds. The number of hydrogen-bond acceptors (Lipinski definition) is 3. The zero-order valence-corrected chi connectivity index (χ0v) is 8.72. The van der Waals surface area contributed by atoms with Crippen LogP contribution in [0.1, 0.15) is 27.2 Å². The van der Waals surface area contributed by atoms with Crippen LogP contribution < -0.4 is 0 Å². The Labute approximate surface area is 81.3 Å². The van der Waals surface area contributed by atoms with E-state index in [4.69, 9.17) is 10.2 Å². The first-order valence-corrected chi connectivity index (χ1v) is 4.79. The lowest BCUT2D eigenvalue weighted by Crippen LogP contribution is -2.35. The van der Waals surface area contributed by atoms with Crippen molar-refractivity contribution in [1.82, 2.24) is 0 Å². The van der Waals surface area contributed by atoms with E-state index < -0.39 is 16.7 Å². The monoisotopic (exact) mass is 206 g/mol. The predicted molar refractivity (Wildman–Crippen MR) is 51.0 cm³/mol. The second kappa shape index (κ2) is 4.50. The number of carboxylic acid groups (broad SMARTS) is 2. The zero-order valence-electron chi connectivity index (χ0n) is 7.90. The van der Waals surface area contributed by atoms with Gasteiger partial charge in [0.15, 0.2) is 0 Å². The van der Waals surface area contributed by atoms with Crippen LogP contribution in [-0.4, -0.2) is 32.1 Å². The summed E-state index contributed by atoms with van der Waals surface area (Å²) in [4.78, 5) is 21.2. The Morgan fingerprint density at radius 1 is 1.38 bits per heavy atom. The van der Waals surface area contributed by atoms with Gasteiger partial charge in [-0.2, -0.15) is 0 Å². The average molecular weight is 206 g/mol. The van der Waals surface area contributed by atoms with Gasteiger partial charge in [0.25, 0.3) is 0 Å². The summed E-state index contributed by atoms with van der Waals surface area (Å²) >= 11 is 1.16. The number of carbonyl (C=O) groups is 2. The maximum Gasteiger partial charge on any atom is 0.320 e. The standard InChI is InChI=1S/C8H14O4S/c1-5(2)13-8(3,7(11)12)4-6(9)10/h5H,4H2,1-3H3,(H,9,10)(H,11,12). The first-order valence-electron chi connectivity index (χ1n) is 3.91. The lowest BCUT2D eigenvalue weighted by molar-refractivity contribution is -0.145. The Balaban J connectivity index is 4.52. The fraction of sp³-hybridized carbons (Fsp3) is 0.750. The molecule has 0 aromatic carbocycles. The van der Waals surface area contributed by atoms with Gasteiger partial charge in [0.05, 0.1) is 6.42 Å². The van der Waals surface area contributed by atoms with Gasteiger partial charge in [0, 0.05) is 5.25 Å². The lowest BCUT2D eigenvalue weighted by atomic mass is 10.1. The van der Waals surface area contributed by atoms with Crippen LogP contribution in [-0.2, 0) is 9.59 Å². The van der Waals surface area contributed by atoms with Crippen LogP contribution >= 0.6 is 11.8 Å². The van der Waals surface area contributed by atoms with Crippen molar-refractivity contribution in [3.05, 3.63) is 0 Å². The third kappa shape index (κ3) is 4.17. The quantitative estimate of drug-likeness (QED) is 0.712. The molecule has 13 heavy (non-hydrogen) atoms. The molecule has 0 aliphatic rings. The number of aliphatic carboxylic acids is 2. The largest absolute Gasteiger partial charge is 0.481 e. The Morgan fingerprint density at radius 2 is 1.85 bits per heavy atom. The third-order valence-electron chi connectivity index (χ3n) is 1.44. The smallest absolute Gasteiger partial charge is 0.320 e. The van der Waals surface area contributed by atoms with E-state index >= 15 is 0 Å². The van der Waals surface area contributed by atoms with Crippen LogP contribution in [0.4, 0.5) is 0 Å². The summed E-state index contributed by atoms with van der Waals surface area (Å²) in [5.74, 6) is -2.16. The summed E-state index contributed by atoms with van der Waals surface area (Å²) in [6.07, 6.45) is -0.356. The van der Waals surface area contributed by atoms with E-state index in [0.717, 1.165) is 11.8 Å². The minimum Gasteiger partial charge on any atom is -0.481 e. The molecule has 0 fully saturated rings. The lowest BCUT2D eigenvalue weighted by Gasteiger charge is -2.24. The van der Waals surface area contributed by atoms with E-state index in [1.165, 1.54) is 6.92 Å². The highest BCUT2D eigenvalue weighted by atomic mass is 32.2. The normalized spacial score (nSPS) is 15.4. The van der Waals surface area contributed by atoms with Gasteiger partial charge in [-0.1, -0.05) is 13.8 Å². The van der Waals surface area contributed by atoms with Crippen LogP contribution in [0.25, 0.3) is 0 Å². The molecule has 0 aliphatic heterocycles. The maximum atomic E-state index is 10.8. The minimum atomic E-state index is -1.22. The molecule has 0 rings (SSSR count). The average Bonchev–Trinajstić information content (AvgIpc) is 1.82. The first-order chi connectivity index (χ1) is 5.78. The number of rotatable bonds is 5. The van der Waals surface area contributed by atoms with Crippen LogP contribution in [0.2, 0.25) is 0 Å². The van der Waals surface area contributed by atoms with E-state index in [9.17, 15) is 9.59 Å². The van der Waals surface area contributed by atoms with Gasteiger partial charge in [-0.05, 0) is 6.92 Å². The Morgan fingerprint density at radius 3 is 2.08 bits per heavy atom. The summed E-state index contributed by atoms with van der Waals surface area (Å²) in [6.45, 7) is 5.12. The Hall–Kier alpha value is -0.710. The fourth-order valence-electron chi connectivity index (χ4n) is 0.976. The van der Waals surface area contributed by atoms with Crippen molar-refractivity contribution >= 4 is 23.7 Å². The van der Waals surface area contributed by atoms with E-state index in [1.807, 2.05) is 13.8 Å². The number of hydrogen-bond donors (Lipinski definition) is 2. The van der Waals surface area contributed by atoms with E-state index in [0.29, 0.717) is 0 Å². The van der Waals surface area contributed by atoms with Crippen LogP contribution in [0.15, 0.2) is 0 Å². The predicted octanol–water partition coefficient (Wildman–Crippen LogP) is 1.45. The second-order valence-corrected chi connectivity index (χ2v) is 5.35. The third-order valence-corrected chi connectivity index (χ3v) is 2.75. The summed E-state index contributed by atoms with van der Waals surface area (Å²) < 4.78 is -1.22. The molecule has 0 saturated carbocycles. The number of thioether (sulfide) groups is 1. The molecule has 0 aromatic heterocycles. The van der Waals surface area contributed by atoms with Gasteiger partial charge in [0.1, 0.15) is 4.75 Å². The summed E-state index contributed by atoms with van der Waals surface area (Å²) in [6, 6.07) is 0.